The molecule has 0 aliphatic heterocycles. The SMILES string of the molecule is O=C(O)c1ccc(C(F)(F)F)cc1-n1cn[nH]c1=O. The normalized spacial score (nSPS) is 11.5. The number of H-pyrrole nitrogens is 1. The van der Waals surface area contributed by atoms with Gasteiger partial charge >= 0.3 is 17.8 Å². The lowest BCUT2D eigenvalue weighted by Gasteiger charge is -2.11. The number of aromatic carboxylic acids is 1. The summed E-state index contributed by atoms with van der Waals surface area (Å²) in [6, 6.07) is 2.01. The van der Waals surface area contributed by atoms with E-state index in [0.29, 0.717) is 16.7 Å². The molecule has 0 saturated carbocycles. The van der Waals surface area contributed by atoms with E-state index in [1.807, 2.05) is 5.10 Å². The minimum Gasteiger partial charge on any atom is -0.478 e. The molecule has 0 aliphatic carbocycles. The van der Waals surface area contributed by atoms with Crippen LogP contribution in [0.25, 0.3) is 5.69 Å². The van der Waals surface area contributed by atoms with Crippen molar-refractivity contribution in [3.05, 3.63) is 46.1 Å². The highest BCUT2D eigenvalue weighted by molar-refractivity contribution is 5.92. The second-order valence-corrected chi connectivity index (χ2v) is 3.57. The monoisotopic (exact) mass is 273 g/mol. The van der Waals surface area contributed by atoms with Gasteiger partial charge in [-0.2, -0.15) is 18.3 Å². The molecule has 1 aromatic carbocycles. The number of aromatic nitrogens is 3. The van der Waals surface area contributed by atoms with Crippen molar-refractivity contribution in [2.45, 2.75) is 6.18 Å². The van der Waals surface area contributed by atoms with Crippen LogP contribution in [0.3, 0.4) is 0 Å². The molecule has 2 N–H and O–H groups in total. The maximum absolute atomic E-state index is 12.6. The maximum Gasteiger partial charge on any atom is 0.416 e. The van der Waals surface area contributed by atoms with E-state index in [0.717, 1.165) is 12.4 Å². The molecule has 0 amide bonds. The molecular formula is C10H6F3N3O3. The first-order chi connectivity index (χ1) is 8.80. The standard InChI is InChI=1S/C10H6F3N3O3/c11-10(12,13)5-1-2-6(8(17)18)7(3-5)16-4-14-15-9(16)19/h1-4H,(H,15,19)(H,17,18). The zero-order chi connectivity index (χ0) is 14.2. The first kappa shape index (κ1) is 12.9. The molecule has 1 heterocycles. The molecule has 0 atom stereocenters. The van der Waals surface area contributed by atoms with Crippen molar-refractivity contribution in [1.82, 2.24) is 14.8 Å². The number of carboxylic acid groups (broad SMARTS) is 1. The zero-order valence-corrected chi connectivity index (χ0v) is 9.10. The quantitative estimate of drug-likeness (QED) is 0.862. The Morgan fingerprint density at radius 3 is 2.53 bits per heavy atom. The first-order valence-electron chi connectivity index (χ1n) is 4.87. The summed E-state index contributed by atoms with van der Waals surface area (Å²) in [5.74, 6) is -1.45. The van der Waals surface area contributed by atoms with Gasteiger partial charge in [-0.1, -0.05) is 0 Å². The molecule has 2 rings (SSSR count). The topological polar surface area (TPSA) is 88.0 Å². The fourth-order valence-corrected chi connectivity index (χ4v) is 1.51. The van der Waals surface area contributed by atoms with E-state index < -0.39 is 34.6 Å². The minimum atomic E-state index is -4.64. The Hall–Kier alpha value is -2.58. The van der Waals surface area contributed by atoms with Gasteiger partial charge in [0.05, 0.1) is 16.8 Å². The Morgan fingerprint density at radius 1 is 1.37 bits per heavy atom. The predicted octanol–water partition coefficient (Wildman–Crippen LogP) is 1.28. The van der Waals surface area contributed by atoms with Gasteiger partial charge in [-0.05, 0) is 18.2 Å². The van der Waals surface area contributed by atoms with Gasteiger partial charge in [-0.3, -0.25) is 0 Å². The van der Waals surface area contributed by atoms with Crippen molar-refractivity contribution >= 4 is 5.97 Å². The van der Waals surface area contributed by atoms with Gasteiger partial charge < -0.3 is 5.11 Å². The van der Waals surface area contributed by atoms with E-state index in [2.05, 4.69) is 5.10 Å². The molecule has 19 heavy (non-hydrogen) atoms. The highest BCUT2D eigenvalue weighted by Gasteiger charge is 2.32. The van der Waals surface area contributed by atoms with Crippen LogP contribution >= 0.6 is 0 Å². The van der Waals surface area contributed by atoms with Crippen LogP contribution in [0.5, 0.6) is 0 Å². The molecule has 2 aromatic rings. The first-order valence-corrected chi connectivity index (χ1v) is 4.87. The number of halogens is 3. The number of carboxylic acids is 1. The molecule has 0 aliphatic rings. The summed E-state index contributed by atoms with van der Waals surface area (Å²) in [5.41, 5.74) is -2.72. The number of alkyl halides is 3. The highest BCUT2D eigenvalue weighted by Crippen LogP contribution is 2.31. The van der Waals surface area contributed by atoms with Crippen LogP contribution in [0.2, 0.25) is 0 Å². The van der Waals surface area contributed by atoms with Gasteiger partial charge in [0.15, 0.2) is 0 Å². The molecule has 1 aromatic heterocycles. The van der Waals surface area contributed by atoms with E-state index in [9.17, 15) is 22.8 Å². The molecule has 0 saturated heterocycles. The molecule has 0 fully saturated rings. The Morgan fingerprint density at radius 2 is 2.05 bits per heavy atom. The van der Waals surface area contributed by atoms with Gasteiger partial charge in [-0.25, -0.2) is 19.3 Å². The van der Waals surface area contributed by atoms with Gasteiger partial charge in [0.1, 0.15) is 6.33 Å². The number of carbonyl (C=O) groups is 1. The Bertz CT molecular complexity index is 687. The molecule has 0 unspecified atom stereocenters. The second kappa shape index (κ2) is 4.26. The van der Waals surface area contributed by atoms with Gasteiger partial charge in [-0.15, -0.1) is 0 Å². The van der Waals surface area contributed by atoms with E-state index in [1.165, 1.54) is 0 Å². The van der Waals surface area contributed by atoms with Crippen molar-refractivity contribution < 1.29 is 23.1 Å². The third-order valence-electron chi connectivity index (χ3n) is 2.37. The lowest BCUT2D eigenvalue weighted by molar-refractivity contribution is -0.137. The number of nitrogens with one attached hydrogen (secondary N) is 1. The van der Waals surface area contributed by atoms with Crippen molar-refractivity contribution in [2.75, 3.05) is 0 Å². The number of benzene rings is 1. The van der Waals surface area contributed by atoms with Crippen LogP contribution in [0.1, 0.15) is 15.9 Å². The molecule has 6 nitrogen and oxygen atoms in total. The van der Waals surface area contributed by atoms with E-state index in [4.69, 9.17) is 5.11 Å². The summed E-state index contributed by atoms with van der Waals surface area (Å²) in [4.78, 5) is 22.3. The summed E-state index contributed by atoms with van der Waals surface area (Å²) in [5, 5.41) is 14.2. The van der Waals surface area contributed by atoms with Crippen molar-refractivity contribution in [2.24, 2.45) is 0 Å². The average molecular weight is 273 g/mol. The number of nitrogens with zero attached hydrogens (tertiary/aromatic N) is 2. The Balaban J connectivity index is 2.72. The number of rotatable bonds is 2. The molecule has 0 spiro atoms. The molecule has 0 radical (unpaired) electrons. The fraction of sp³-hybridized carbons (Fsp3) is 0.100. The van der Waals surface area contributed by atoms with Crippen LogP contribution in [0, 0.1) is 0 Å². The summed E-state index contributed by atoms with van der Waals surface area (Å²) < 4.78 is 38.4. The number of hydrogen-bond donors (Lipinski definition) is 2. The zero-order valence-electron chi connectivity index (χ0n) is 9.10. The summed E-state index contributed by atoms with van der Waals surface area (Å²) in [7, 11) is 0. The Labute approximate surface area is 103 Å². The van der Waals surface area contributed by atoms with Crippen molar-refractivity contribution in [3.8, 4) is 5.69 Å². The van der Waals surface area contributed by atoms with E-state index in [-0.39, 0.29) is 0 Å². The summed E-state index contributed by atoms with van der Waals surface area (Å²) >= 11 is 0. The predicted molar refractivity (Wildman–Crippen MR) is 56.1 cm³/mol. The molecule has 9 heteroatoms. The highest BCUT2D eigenvalue weighted by atomic mass is 19.4. The van der Waals surface area contributed by atoms with Crippen LogP contribution < -0.4 is 5.69 Å². The molecule has 100 valence electrons. The van der Waals surface area contributed by atoms with Crippen molar-refractivity contribution in [1.29, 1.82) is 0 Å². The van der Waals surface area contributed by atoms with Crippen molar-refractivity contribution in [3.63, 3.8) is 0 Å². The number of aromatic amines is 1. The third kappa shape index (κ3) is 2.34. The van der Waals surface area contributed by atoms with E-state index in [1.54, 1.807) is 0 Å². The summed E-state index contributed by atoms with van der Waals surface area (Å²) in [6.07, 6.45) is -3.73. The lowest BCUT2D eigenvalue weighted by atomic mass is 10.1. The smallest absolute Gasteiger partial charge is 0.416 e. The minimum absolute atomic E-state index is 0.402. The molecule has 0 bridgehead atoms. The third-order valence-corrected chi connectivity index (χ3v) is 2.37. The Kier molecular flexibility index (Phi) is 2.89. The second-order valence-electron chi connectivity index (χ2n) is 3.57. The fourth-order valence-electron chi connectivity index (χ4n) is 1.51. The molecular weight excluding hydrogens is 267 g/mol. The van der Waals surface area contributed by atoms with E-state index >= 15 is 0 Å². The van der Waals surface area contributed by atoms with Crippen LogP contribution in [-0.4, -0.2) is 25.8 Å². The lowest BCUT2D eigenvalue weighted by Crippen LogP contribution is -2.18. The van der Waals surface area contributed by atoms with Gasteiger partial charge in [0.2, 0.25) is 0 Å². The van der Waals surface area contributed by atoms with Gasteiger partial charge in [0.25, 0.3) is 0 Å². The maximum atomic E-state index is 12.6. The van der Waals surface area contributed by atoms with Crippen LogP contribution in [0.4, 0.5) is 13.2 Å². The number of hydrogen-bond acceptors (Lipinski definition) is 3. The van der Waals surface area contributed by atoms with Crippen LogP contribution in [-0.2, 0) is 6.18 Å². The average Bonchev–Trinajstić information content (AvgIpc) is 2.73. The summed E-state index contributed by atoms with van der Waals surface area (Å²) in [6.45, 7) is 0. The largest absolute Gasteiger partial charge is 0.478 e. The van der Waals surface area contributed by atoms with Gasteiger partial charge in [0, 0.05) is 0 Å². The van der Waals surface area contributed by atoms with Crippen LogP contribution in [0.15, 0.2) is 29.3 Å².